The van der Waals surface area contributed by atoms with Gasteiger partial charge in [0.15, 0.2) is 0 Å². The molecule has 1 N–H and O–H groups in total. The highest BCUT2D eigenvalue weighted by Crippen LogP contribution is 2.26. The first-order valence-corrected chi connectivity index (χ1v) is 5.90. The van der Waals surface area contributed by atoms with E-state index in [9.17, 15) is 13.6 Å². The van der Waals surface area contributed by atoms with Crippen LogP contribution in [0.3, 0.4) is 0 Å². The maximum Gasteiger partial charge on any atom is 0.387 e. The molecule has 6 nitrogen and oxygen atoms in total. The number of ether oxygens (including phenoxy) is 2. The fourth-order valence-electron chi connectivity index (χ4n) is 1.74. The topological polar surface area (TPSA) is 73.6 Å². The molecule has 1 aromatic heterocycles. The lowest BCUT2D eigenvalue weighted by molar-refractivity contribution is -0.0509. The van der Waals surface area contributed by atoms with E-state index in [0.29, 0.717) is 0 Å². The largest absolute Gasteiger partial charge is 0.478 e. The highest BCUT2D eigenvalue weighted by atomic mass is 19.3. The molecule has 0 aliphatic rings. The van der Waals surface area contributed by atoms with E-state index in [2.05, 4.69) is 9.84 Å². The Balaban J connectivity index is 2.27. The van der Waals surface area contributed by atoms with Crippen LogP contribution < -0.4 is 9.47 Å². The van der Waals surface area contributed by atoms with Gasteiger partial charge in [-0.2, -0.15) is 8.78 Å². The summed E-state index contributed by atoms with van der Waals surface area (Å²) in [6.45, 7) is -3.30. The fourth-order valence-corrected chi connectivity index (χ4v) is 1.74. The van der Waals surface area contributed by atoms with Crippen molar-refractivity contribution in [1.82, 2.24) is 9.78 Å². The van der Waals surface area contributed by atoms with Crippen LogP contribution in [0.1, 0.15) is 15.9 Å². The third-order valence-electron chi connectivity index (χ3n) is 2.63. The normalized spacial score (nSPS) is 10.7. The fraction of sp³-hybridized carbons (Fsp3) is 0.231. The summed E-state index contributed by atoms with van der Waals surface area (Å²) >= 11 is 0. The molecule has 0 fully saturated rings. The number of carboxylic acid groups (broad SMARTS) is 1. The van der Waals surface area contributed by atoms with Gasteiger partial charge in [-0.15, -0.1) is 5.10 Å². The van der Waals surface area contributed by atoms with Crippen LogP contribution in [0.25, 0.3) is 0 Å². The van der Waals surface area contributed by atoms with Gasteiger partial charge in [0.2, 0.25) is 5.88 Å². The molecule has 112 valence electrons. The number of benzene rings is 1. The highest BCUT2D eigenvalue weighted by molar-refractivity contribution is 5.90. The number of rotatable bonds is 6. The number of nitrogens with zero attached hydrogens (tertiary/aromatic N) is 2. The minimum Gasteiger partial charge on any atom is -0.478 e. The summed E-state index contributed by atoms with van der Waals surface area (Å²) in [5, 5.41) is 13.1. The van der Waals surface area contributed by atoms with Crippen molar-refractivity contribution in [2.45, 2.75) is 13.2 Å². The number of halogens is 2. The van der Waals surface area contributed by atoms with Crippen LogP contribution >= 0.6 is 0 Å². The first-order valence-electron chi connectivity index (χ1n) is 5.90. The minimum absolute atomic E-state index is 0.0240. The monoisotopic (exact) mass is 298 g/mol. The molecule has 1 aromatic carbocycles. The molecule has 0 atom stereocenters. The summed E-state index contributed by atoms with van der Waals surface area (Å²) in [6, 6.07) is 5.44. The van der Waals surface area contributed by atoms with Gasteiger partial charge in [-0.3, -0.25) is 4.68 Å². The Morgan fingerprint density at radius 3 is 2.76 bits per heavy atom. The van der Waals surface area contributed by atoms with Crippen LogP contribution in [0.4, 0.5) is 8.78 Å². The van der Waals surface area contributed by atoms with E-state index in [-0.39, 0.29) is 29.4 Å². The summed E-state index contributed by atoms with van der Waals surface area (Å²) in [6.07, 6.45) is 1.63. The average molecular weight is 298 g/mol. The van der Waals surface area contributed by atoms with Crippen molar-refractivity contribution in [2.24, 2.45) is 7.05 Å². The molecule has 2 aromatic rings. The van der Waals surface area contributed by atoms with E-state index in [1.165, 1.54) is 22.9 Å². The zero-order valence-electron chi connectivity index (χ0n) is 11.0. The van der Waals surface area contributed by atoms with E-state index in [1.54, 1.807) is 19.3 Å². The molecule has 0 saturated carbocycles. The van der Waals surface area contributed by atoms with Crippen molar-refractivity contribution in [3.8, 4) is 11.6 Å². The van der Waals surface area contributed by atoms with Crippen molar-refractivity contribution in [2.75, 3.05) is 0 Å². The summed E-state index contributed by atoms with van der Waals surface area (Å²) in [5.74, 6) is -1.24. The maximum absolute atomic E-state index is 12.4. The smallest absolute Gasteiger partial charge is 0.387 e. The van der Waals surface area contributed by atoms with Crippen LogP contribution in [0.2, 0.25) is 0 Å². The Morgan fingerprint density at radius 2 is 2.19 bits per heavy atom. The summed E-state index contributed by atoms with van der Waals surface area (Å²) in [4.78, 5) is 11.2. The van der Waals surface area contributed by atoms with Gasteiger partial charge in [0.25, 0.3) is 0 Å². The van der Waals surface area contributed by atoms with Gasteiger partial charge < -0.3 is 14.6 Å². The number of hydrogen-bond acceptors (Lipinski definition) is 4. The molecule has 0 radical (unpaired) electrons. The van der Waals surface area contributed by atoms with E-state index < -0.39 is 12.6 Å². The number of aromatic carboxylic acids is 1. The van der Waals surface area contributed by atoms with Crippen LogP contribution in [0.15, 0.2) is 30.5 Å². The first-order chi connectivity index (χ1) is 9.97. The van der Waals surface area contributed by atoms with Crippen LogP contribution in [0.5, 0.6) is 11.6 Å². The summed E-state index contributed by atoms with van der Waals surface area (Å²) in [5.41, 5.74) is -0.139. The third kappa shape index (κ3) is 3.68. The first kappa shape index (κ1) is 14.8. The standard InChI is InChI=1S/C13H12F2N2O4/c1-17-6-5-11(16-17)20-7-9-8(12(18)19)3-2-4-10(9)21-13(14)15/h2-6,13H,7H2,1H3,(H,18,19). The van der Waals surface area contributed by atoms with Gasteiger partial charge in [0.05, 0.1) is 5.56 Å². The molecule has 0 aliphatic heterocycles. The Bertz CT molecular complexity index is 643. The number of aryl methyl sites for hydroxylation is 1. The van der Waals surface area contributed by atoms with E-state index >= 15 is 0 Å². The molecular formula is C13H12F2N2O4. The predicted molar refractivity (Wildman–Crippen MR) is 67.6 cm³/mol. The van der Waals surface area contributed by atoms with Crippen molar-refractivity contribution in [1.29, 1.82) is 0 Å². The number of aromatic nitrogens is 2. The van der Waals surface area contributed by atoms with Crippen molar-refractivity contribution >= 4 is 5.97 Å². The maximum atomic E-state index is 12.4. The molecule has 0 amide bonds. The molecule has 0 spiro atoms. The van der Waals surface area contributed by atoms with E-state index in [1.807, 2.05) is 0 Å². The molecule has 0 aliphatic carbocycles. The van der Waals surface area contributed by atoms with Gasteiger partial charge in [-0.25, -0.2) is 4.79 Å². The van der Waals surface area contributed by atoms with E-state index in [0.717, 1.165) is 0 Å². The van der Waals surface area contributed by atoms with Crippen molar-refractivity contribution < 1.29 is 28.2 Å². The molecule has 2 rings (SSSR count). The molecule has 21 heavy (non-hydrogen) atoms. The number of carbonyl (C=O) groups is 1. The number of carboxylic acids is 1. The zero-order chi connectivity index (χ0) is 15.4. The van der Waals surface area contributed by atoms with Crippen LogP contribution in [-0.2, 0) is 13.7 Å². The van der Waals surface area contributed by atoms with Crippen molar-refractivity contribution in [3.05, 3.63) is 41.6 Å². The Kier molecular flexibility index (Phi) is 4.36. The summed E-state index contributed by atoms with van der Waals surface area (Å²) < 4.78 is 35.9. The van der Waals surface area contributed by atoms with Gasteiger partial charge >= 0.3 is 12.6 Å². The van der Waals surface area contributed by atoms with Crippen molar-refractivity contribution in [3.63, 3.8) is 0 Å². The zero-order valence-corrected chi connectivity index (χ0v) is 11.0. The van der Waals surface area contributed by atoms with Gasteiger partial charge in [-0.05, 0) is 12.1 Å². The van der Waals surface area contributed by atoms with Gasteiger partial charge in [0.1, 0.15) is 12.4 Å². The predicted octanol–water partition coefficient (Wildman–Crippen LogP) is 2.30. The number of alkyl halides is 2. The minimum atomic E-state index is -3.05. The lowest BCUT2D eigenvalue weighted by Crippen LogP contribution is -2.11. The lowest BCUT2D eigenvalue weighted by Gasteiger charge is -2.13. The second-order valence-corrected chi connectivity index (χ2v) is 4.08. The Labute approximate surface area is 118 Å². The number of hydrogen-bond donors (Lipinski definition) is 1. The molecule has 8 heteroatoms. The second kappa shape index (κ2) is 6.21. The van der Waals surface area contributed by atoms with E-state index in [4.69, 9.17) is 9.84 Å². The molecule has 0 unspecified atom stereocenters. The molecular weight excluding hydrogens is 286 g/mol. The average Bonchev–Trinajstić information content (AvgIpc) is 2.82. The second-order valence-electron chi connectivity index (χ2n) is 4.08. The molecule has 1 heterocycles. The van der Waals surface area contributed by atoms with Gasteiger partial charge in [0, 0.05) is 24.9 Å². The highest BCUT2D eigenvalue weighted by Gasteiger charge is 2.18. The SMILES string of the molecule is Cn1ccc(OCc2c(OC(F)F)cccc2C(=O)O)n1. The van der Waals surface area contributed by atoms with Gasteiger partial charge in [-0.1, -0.05) is 6.07 Å². The Morgan fingerprint density at radius 1 is 1.43 bits per heavy atom. The Hall–Kier alpha value is -2.64. The van der Waals surface area contributed by atoms with Crippen LogP contribution in [-0.4, -0.2) is 27.5 Å². The quantitative estimate of drug-likeness (QED) is 0.885. The molecule has 0 saturated heterocycles. The molecule has 0 bridgehead atoms. The third-order valence-corrected chi connectivity index (χ3v) is 2.63. The summed E-state index contributed by atoms with van der Waals surface area (Å²) in [7, 11) is 1.68. The van der Waals surface area contributed by atoms with Crippen LogP contribution in [0, 0.1) is 0 Å². The lowest BCUT2D eigenvalue weighted by atomic mass is 10.1.